The number of anilines is 1. The van der Waals surface area contributed by atoms with E-state index in [4.69, 9.17) is 20.8 Å². The van der Waals surface area contributed by atoms with Gasteiger partial charge in [-0.1, -0.05) is 31.2 Å². The molecule has 0 saturated carbocycles. The van der Waals surface area contributed by atoms with Gasteiger partial charge in [0.25, 0.3) is 0 Å². The average Bonchev–Trinajstić information content (AvgIpc) is 2.85. The normalized spacial score (nSPS) is 11.5. The first-order chi connectivity index (χ1) is 10.1. The molecule has 0 unspecified atom stereocenters. The number of benzene rings is 1. The van der Waals surface area contributed by atoms with Gasteiger partial charge in [0.1, 0.15) is 19.2 Å². The summed E-state index contributed by atoms with van der Waals surface area (Å²) in [5, 5.41) is 4.40. The van der Waals surface area contributed by atoms with Gasteiger partial charge >= 0.3 is 5.97 Å². The third-order valence-electron chi connectivity index (χ3n) is 3.20. The molecule has 0 radical (unpaired) electrons. The van der Waals surface area contributed by atoms with Crippen molar-refractivity contribution < 1.29 is 18.7 Å². The van der Waals surface area contributed by atoms with Crippen LogP contribution in [0.2, 0.25) is 24.7 Å². The molecule has 118 valence electrons. The highest BCUT2D eigenvalue weighted by Crippen LogP contribution is 2.35. The molecule has 0 fully saturated rings. The van der Waals surface area contributed by atoms with Crippen molar-refractivity contribution >= 4 is 53.6 Å². The van der Waals surface area contributed by atoms with Crippen molar-refractivity contribution in [2.24, 2.45) is 0 Å². The van der Waals surface area contributed by atoms with Crippen molar-refractivity contribution in [3.05, 3.63) is 22.7 Å². The van der Waals surface area contributed by atoms with E-state index in [1.165, 1.54) is 20.1 Å². The van der Waals surface area contributed by atoms with Crippen LogP contribution in [-0.4, -0.2) is 27.1 Å². The Morgan fingerprint density at radius 2 is 1.91 bits per heavy atom. The van der Waals surface area contributed by atoms with E-state index in [1.807, 2.05) is 6.07 Å². The molecule has 0 aliphatic carbocycles. The molecule has 1 amide bonds. The Morgan fingerprint density at radius 3 is 2.41 bits per heavy atom. The molecule has 1 aromatic carbocycles. The van der Waals surface area contributed by atoms with Gasteiger partial charge in [-0.25, -0.2) is 4.79 Å². The van der Waals surface area contributed by atoms with Gasteiger partial charge in [0.05, 0.1) is 23.2 Å². The lowest BCUT2D eigenvalue weighted by Crippen LogP contribution is -2.36. The second-order valence-electron chi connectivity index (χ2n) is 6.06. The molecule has 22 heavy (non-hydrogen) atoms. The Hall–Kier alpha value is -1.79. The Bertz CT molecular complexity index is 761. The average molecular weight is 340 g/mol. The van der Waals surface area contributed by atoms with Crippen LogP contribution in [0.3, 0.4) is 0 Å². The van der Waals surface area contributed by atoms with Crippen LogP contribution in [0.5, 0.6) is 0 Å². The number of halogens is 1. The van der Waals surface area contributed by atoms with Gasteiger partial charge in [0.2, 0.25) is 5.91 Å². The van der Waals surface area contributed by atoms with Crippen LogP contribution in [0, 0.1) is 0 Å². The number of esters is 1. The number of ether oxygens (including phenoxy) is 1. The molecule has 1 heterocycles. The number of methoxy groups -OCH3 is 1. The van der Waals surface area contributed by atoms with Gasteiger partial charge in [-0.05, 0) is 12.1 Å². The zero-order valence-corrected chi connectivity index (χ0v) is 14.9. The Kier molecular flexibility index (Phi) is 4.35. The minimum absolute atomic E-state index is 0.246. The molecule has 0 bridgehead atoms. The quantitative estimate of drug-likeness (QED) is 0.687. The first-order valence-electron chi connectivity index (χ1n) is 6.77. The van der Waals surface area contributed by atoms with E-state index in [0.29, 0.717) is 16.7 Å². The van der Waals surface area contributed by atoms with E-state index < -0.39 is 14.0 Å². The Labute approximate surface area is 134 Å². The standard InChI is InChI=1S/C15H18ClNO4Si/c1-8(18)17-13-9-7-12(22(3,4)5)21-14(9)10(6-11(13)16)15(19)20-2/h6-7H,1-5H3,(H,17,18). The maximum Gasteiger partial charge on any atom is 0.341 e. The van der Waals surface area contributed by atoms with Gasteiger partial charge in [-0.15, -0.1) is 0 Å². The summed E-state index contributed by atoms with van der Waals surface area (Å²) >= 11 is 6.22. The van der Waals surface area contributed by atoms with Crippen LogP contribution in [-0.2, 0) is 9.53 Å². The Morgan fingerprint density at radius 1 is 1.27 bits per heavy atom. The fourth-order valence-corrected chi connectivity index (χ4v) is 3.35. The topological polar surface area (TPSA) is 68.5 Å². The van der Waals surface area contributed by atoms with Crippen LogP contribution in [0.15, 0.2) is 16.5 Å². The van der Waals surface area contributed by atoms with Crippen molar-refractivity contribution in [3.8, 4) is 0 Å². The number of nitrogens with one attached hydrogen (secondary N) is 1. The van der Waals surface area contributed by atoms with Gasteiger partial charge in [0, 0.05) is 12.3 Å². The molecule has 2 aromatic rings. The van der Waals surface area contributed by atoms with Crippen LogP contribution >= 0.6 is 11.6 Å². The number of carbonyl (C=O) groups excluding carboxylic acids is 2. The lowest BCUT2D eigenvalue weighted by Gasteiger charge is -2.10. The van der Waals surface area contributed by atoms with Crippen LogP contribution in [0.4, 0.5) is 5.69 Å². The highest BCUT2D eigenvalue weighted by Gasteiger charge is 2.26. The number of furan rings is 1. The summed E-state index contributed by atoms with van der Waals surface area (Å²) in [6, 6.07) is 3.31. The zero-order valence-electron chi connectivity index (χ0n) is 13.2. The van der Waals surface area contributed by atoms with E-state index in [9.17, 15) is 9.59 Å². The number of amides is 1. The molecule has 0 aliphatic heterocycles. The molecule has 1 N–H and O–H groups in total. The fourth-order valence-electron chi connectivity index (χ4n) is 2.10. The van der Waals surface area contributed by atoms with E-state index in [1.54, 1.807) is 0 Å². The largest absolute Gasteiger partial charge is 0.465 e. The SMILES string of the molecule is COC(=O)c1cc(Cl)c(NC(C)=O)c2cc([Si](C)(C)C)oc12. The third-order valence-corrected chi connectivity index (χ3v) is 5.22. The molecule has 2 rings (SSSR count). The number of rotatable bonds is 3. The van der Waals surface area contributed by atoms with E-state index in [0.717, 1.165) is 5.38 Å². The lowest BCUT2D eigenvalue weighted by molar-refractivity contribution is -0.114. The predicted octanol–water partition coefficient (Wildman–Crippen LogP) is 3.38. The monoisotopic (exact) mass is 339 g/mol. The van der Waals surface area contributed by atoms with Crippen LogP contribution < -0.4 is 10.7 Å². The Balaban J connectivity index is 2.82. The molecular formula is C15H18ClNO4Si. The fraction of sp³-hybridized carbons (Fsp3) is 0.333. The van der Waals surface area contributed by atoms with E-state index >= 15 is 0 Å². The first-order valence-corrected chi connectivity index (χ1v) is 10.7. The smallest absolute Gasteiger partial charge is 0.341 e. The van der Waals surface area contributed by atoms with Gasteiger partial charge in [-0.2, -0.15) is 0 Å². The summed E-state index contributed by atoms with van der Waals surface area (Å²) in [5.41, 5.74) is 1.09. The van der Waals surface area contributed by atoms with Crippen molar-refractivity contribution in [1.82, 2.24) is 0 Å². The lowest BCUT2D eigenvalue weighted by atomic mass is 10.1. The summed E-state index contributed by atoms with van der Waals surface area (Å²) in [7, 11) is -0.441. The molecule has 0 aliphatic rings. The van der Waals surface area contributed by atoms with E-state index in [-0.39, 0.29) is 16.5 Å². The highest BCUT2D eigenvalue weighted by molar-refractivity contribution is 6.88. The molecule has 5 nitrogen and oxygen atoms in total. The molecule has 0 spiro atoms. The van der Waals surface area contributed by atoms with Gasteiger partial charge in [0.15, 0.2) is 0 Å². The maximum absolute atomic E-state index is 12.0. The summed E-state index contributed by atoms with van der Waals surface area (Å²) < 4.78 is 10.7. The second kappa shape index (κ2) is 5.77. The summed E-state index contributed by atoms with van der Waals surface area (Å²) in [6.07, 6.45) is 0. The van der Waals surface area contributed by atoms with Crippen LogP contribution in [0.1, 0.15) is 17.3 Å². The molecule has 1 aromatic heterocycles. The van der Waals surface area contributed by atoms with Crippen molar-refractivity contribution in [1.29, 1.82) is 0 Å². The maximum atomic E-state index is 12.0. The van der Waals surface area contributed by atoms with Gasteiger partial charge < -0.3 is 14.5 Å². The minimum Gasteiger partial charge on any atom is -0.465 e. The zero-order chi connectivity index (χ0) is 16.7. The van der Waals surface area contributed by atoms with E-state index in [2.05, 4.69) is 25.0 Å². The second-order valence-corrected chi connectivity index (χ2v) is 11.5. The van der Waals surface area contributed by atoms with Gasteiger partial charge in [-0.3, -0.25) is 4.79 Å². The summed E-state index contributed by atoms with van der Waals surface area (Å²) in [5.74, 6) is -0.775. The summed E-state index contributed by atoms with van der Waals surface area (Å²) in [6.45, 7) is 7.78. The number of carbonyl (C=O) groups is 2. The van der Waals surface area contributed by atoms with Crippen molar-refractivity contribution in [2.45, 2.75) is 26.6 Å². The van der Waals surface area contributed by atoms with Crippen LogP contribution in [0.25, 0.3) is 11.0 Å². The number of fused-ring (bicyclic) bond motifs is 1. The predicted molar refractivity (Wildman–Crippen MR) is 89.8 cm³/mol. The van der Waals surface area contributed by atoms with Crippen molar-refractivity contribution in [2.75, 3.05) is 12.4 Å². The highest BCUT2D eigenvalue weighted by atomic mass is 35.5. The molecular weight excluding hydrogens is 322 g/mol. The third kappa shape index (κ3) is 3.03. The van der Waals surface area contributed by atoms with Crippen molar-refractivity contribution in [3.63, 3.8) is 0 Å². The minimum atomic E-state index is -1.74. The first kappa shape index (κ1) is 16.6. The molecule has 0 saturated heterocycles. The number of hydrogen-bond donors (Lipinski definition) is 1. The molecule has 0 atom stereocenters. The number of hydrogen-bond acceptors (Lipinski definition) is 4. The summed E-state index contributed by atoms with van der Waals surface area (Å²) in [4.78, 5) is 23.4. The molecule has 7 heteroatoms.